The van der Waals surface area contributed by atoms with Crippen LogP contribution in [-0.2, 0) is 11.3 Å². The van der Waals surface area contributed by atoms with Crippen LogP contribution in [0.15, 0.2) is 52.3 Å². The van der Waals surface area contributed by atoms with Crippen molar-refractivity contribution in [1.29, 1.82) is 0 Å². The maximum absolute atomic E-state index is 6.39. The molecule has 0 spiro atoms. The van der Waals surface area contributed by atoms with E-state index < -0.39 is 0 Å². The van der Waals surface area contributed by atoms with Gasteiger partial charge in [0.15, 0.2) is 0 Å². The van der Waals surface area contributed by atoms with Gasteiger partial charge >= 0.3 is 0 Å². The van der Waals surface area contributed by atoms with Gasteiger partial charge in [-0.2, -0.15) is 0 Å². The maximum Gasteiger partial charge on any atom is 0.0814 e. The number of unbranched alkanes of at least 4 members (excludes halogenated alkanes) is 1. The number of para-hydroxylation sites is 1. The molecule has 4 aliphatic heterocycles. The molecular formula is C24H33BN2OS. The van der Waals surface area contributed by atoms with Crippen LogP contribution < -0.4 is 4.90 Å². The van der Waals surface area contributed by atoms with Gasteiger partial charge in [0, 0.05) is 22.9 Å². The minimum atomic E-state index is 0. The highest BCUT2D eigenvalue weighted by Crippen LogP contribution is 2.48. The van der Waals surface area contributed by atoms with Gasteiger partial charge in [0.2, 0.25) is 0 Å². The fraction of sp³-hybridized carbons (Fsp3) is 0.500. The second kappa shape index (κ2) is 9.15. The number of hydrogen-bond acceptors (Lipinski definition) is 4. The minimum Gasteiger partial charge on any atom is -0.372 e. The summed E-state index contributed by atoms with van der Waals surface area (Å²) in [5, 5.41) is 0. The van der Waals surface area contributed by atoms with E-state index in [1.807, 2.05) is 11.8 Å². The summed E-state index contributed by atoms with van der Waals surface area (Å²) in [6.07, 6.45) is 5.48. The Labute approximate surface area is 181 Å². The zero-order valence-corrected chi connectivity index (χ0v) is 17.6. The Balaban J connectivity index is 0.00000205. The highest BCUT2D eigenvalue weighted by atomic mass is 32.2. The number of piperidine rings is 3. The summed E-state index contributed by atoms with van der Waals surface area (Å²) in [5.41, 5.74) is 4.01. The van der Waals surface area contributed by atoms with Gasteiger partial charge in [0.25, 0.3) is 0 Å². The molecule has 3 fully saturated rings. The Kier molecular flexibility index (Phi) is 6.58. The van der Waals surface area contributed by atoms with Crippen molar-refractivity contribution in [3.05, 3.63) is 48.0 Å². The van der Waals surface area contributed by atoms with E-state index in [-0.39, 0.29) is 8.41 Å². The number of anilines is 2. The zero-order chi connectivity index (χ0) is 18.9. The summed E-state index contributed by atoms with van der Waals surface area (Å²) in [7, 11) is 0. The summed E-state index contributed by atoms with van der Waals surface area (Å²) < 4.78 is 6.39. The first-order valence-electron chi connectivity index (χ1n) is 10.8. The SMILES string of the molecule is B.CCCCN1c2ccccc2Sc2cc(COC3CN4CCC3CC4)ccc21. The predicted octanol–water partition coefficient (Wildman–Crippen LogP) is 4.52. The number of nitrogens with zero attached hydrogens (tertiary/aromatic N) is 2. The van der Waals surface area contributed by atoms with E-state index >= 15 is 0 Å². The molecule has 4 aliphatic rings. The molecular weight excluding hydrogens is 375 g/mol. The fourth-order valence-electron chi connectivity index (χ4n) is 4.83. The normalized spacial score (nSPS) is 24.6. The molecule has 0 amide bonds. The highest BCUT2D eigenvalue weighted by Gasteiger charge is 2.34. The van der Waals surface area contributed by atoms with Crippen molar-refractivity contribution >= 4 is 31.5 Å². The minimum absolute atomic E-state index is 0. The van der Waals surface area contributed by atoms with Gasteiger partial charge in [-0.05, 0) is 68.1 Å². The van der Waals surface area contributed by atoms with Gasteiger partial charge in [-0.1, -0.05) is 43.3 Å². The van der Waals surface area contributed by atoms with E-state index in [0.29, 0.717) is 6.10 Å². The van der Waals surface area contributed by atoms with Crippen molar-refractivity contribution in [2.24, 2.45) is 5.92 Å². The zero-order valence-electron chi connectivity index (χ0n) is 16.8. The van der Waals surface area contributed by atoms with Gasteiger partial charge in [0.05, 0.1) is 32.5 Å². The van der Waals surface area contributed by atoms with Crippen molar-refractivity contribution in [2.45, 2.75) is 55.1 Å². The first-order valence-corrected chi connectivity index (χ1v) is 11.6. The number of fused-ring (bicyclic) bond motifs is 5. The average Bonchev–Trinajstić information content (AvgIpc) is 2.76. The van der Waals surface area contributed by atoms with E-state index in [2.05, 4.69) is 59.2 Å². The number of hydrogen-bond donors (Lipinski definition) is 0. The monoisotopic (exact) mass is 408 g/mol. The molecule has 1 unspecified atom stereocenters. The number of ether oxygens (including phenoxy) is 1. The Hall–Kier alpha value is -1.43. The van der Waals surface area contributed by atoms with Crippen molar-refractivity contribution in [2.75, 3.05) is 31.1 Å². The third-order valence-corrected chi connectivity index (χ3v) is 7.60. The van der Waals surface area contributed by atoms with E-state index in [1.165, 1.54) is 65.5 Å². The average molecular weight is 408 g/mol. The summed E-state index contributed by atoms with van der Waals surface area (Å²) >= 11 is 1.90. The molecule has 1 atom stereocenters. The molecule has 0 aliphatic carbocycles. The molecule has 0 aromatic heterocycles. The van der Waals surface area contributed by atoms with E-state index in [4.69, 9.17) is 4.74 Å². The third kappa shape index (κ3) is 4.23. The summed E-state index contributed by atoms with van der Waals surface area (Å²) in [5.74, 6) is 0.772. The molecule has 3 saturated heterocycles. The van der Waals surface area contributed by atoms with Gasteiger partial charge < -0.3 is 14.5 Å². The first kappa shape index (κ1) is 20.8. The van der Waals surface area contributed by atoms with E-state index in [0.717, 1.165) is 25.6 Å². The van der Waals surface area contributed by atoms with Crippen molar-refractivity contribution in [3.8, 4) is 0 Å². The lowest BCUT2D eigenvalue weighted by atomic mass is 9.86. The van der Waals surface area contributed by atoms with Gasteiger partial charge in [-0.15, -0.1) is 0 Å². The molecule has 2 bridgehead atoms. The van der Waals surface area contributed by atoms with Crippen LogP contribution in [0.1, 0.15) is 38.2 Å². The maximum atomic E-state index is 6.39. The van der Waals surface area contributed by atoms with Crippen LogP contribution in [0.4, 0.5) is 11.4 Å². The van der Waals surface area contributed by atoms with Crippen LogP contribution in [0.5, 0.6) is 0 Å². The van der Waals surface area contributed by atoms with Crippen molar-refractivity contribution < 1.29 is 4.74 Å². The van der Waals surface area contributed by atoms with Gasteiger partial charge in [-0.25, -0.2) is 0 Å². The molecule has 2 aromatic rings. The fourth-order valence-corrected chi connectivity index (χ4v) is 5.99. The molecule has 154 valence electrons. The molecule has 5 heteroatoms. The molecule has 0 saturated carbocycles. The Morgan fingerprint density at radius 1 is 1.03 bits per heavy atom. The second-order valence-electron chi connectivity index (χ2n) is 8.36. The van der Waals surface area contributed by atoms with Crippen molar-refractivity contribution in [3.63, 3.8) is 0 Å². The molecule has 3 nitrogen and oxygen atoms in total. The topological polar surface area (TPSA) is 15.7 Å². The van der Waals surface area contributed by atoms with E-state index in [9.17, 15) is 0 Å². The quantitative estimate of drug-likeness (QED) is 0.653. The highest BCUT2D eigenvalue weighted by molar-refractivity contribution is 7.99. The molecule has 0 N–H and O–H groups in total. The summed E-state index contributed by atoms with van der Waals surface area (Å²) in [6.45, 7) is 7.75. The molecule has 0 radical (unpaired) electrons. The van der Waals surface area contributed by atoms with Crippen molar-refractivity contribution in [1.82, 2.24) is 4.90 Å². The Morgan fingerprint density at radius 3 is 2.59 bits per heavy atom. The number of rotatable bonds is 6. The summed E-state index contributed by atoms with van der Waals surface area (Å²) in [4.78, 5) is 7.80. The standard InChI is InChI=1S/C24H30N2OS.BH3/c1-2-3-12-26-20-6-4-5-7-23(20)28-24-15-18(8-9-21(24)26)17-27-22-16-25-13-10-19(22)11-14-25;/h4-9,15,19,22H,2-3,10-14,16-17H2,1H3;1H3. The lowest BCUT2D eigenvalue weighted by molar-refractivity contribution is -0.0766. The molecule has 4 heterocycles. The third-order valence-electron chi connectivity index (χ3n) is 6.49. The van der Waals surface area contributed by atoms with Crippen LogP contribution in [0, 0.1) is 5.92 Å². The molecule has 6 rings (SSSR count). The molecule has 29 heavy (non-hydrogen) atoms. The smallest absolute Gasteiger partial charge is 0.0814 e. The predicted molar refractivity (Wildman–Crippen MR) is 127 cm³/mol. The largest absolute Gasteiger partial charge is 0.372 e. The van der Waals surface area contributed by atoms with Crippen LogP contribution in [0.25, 0.3) is 0 Å². The summed E-state index contributed by atoms with van der Waals surface area (Å²) in [6, 6.07) is 15.7. The first-order chi connectivity index (χ1) is 13.8. The van der Waals surface area contributed by atoms with Gasteiger partial charge in [-0.3, -0.25) is 0 Å². The van der Waals surface area contributed by atoms with E-state index in [1.54, 1.807) is 0 Å². The Morgan fingerprint density at radius 2 is 1.83 bits per heavy atom. The lowest BCUT2D eigenvalue weighted by Gasteiger charge is -2.44. The number of benzene rings is 2. The lowest BCUT2D eigenvalue weighted by Crippen LogP contribution is -2.51. The Bertz CT molecular complexity index is 837. The van der Waals surface area contributed by atoms with Crippen LogP contribution in [-0.4, -0.2) is 45.6 Å². The van der Waals surface area contributed by atoms with Gasteiger partial charge in [0.1, 0.15) is 0 Å². The van der Waals surface area contributed by atoms with Crippen LogP contribution in [0.3, 0.4) is 0 Å². The van der Waals surface area contributed by atoms with Crippen LogP contribution in [0.2, 0.25) is 0 Å². The van der Waals surface area contributed by atoms with Crippen LogP contribution >= 0.6 is 11.8 Å². The molecule has 2 aromatic carbocycles. The second-order valence-corrected chi connectivity index (χ2v) is 9.45.